The molecular formula is C28H30F3N5O4. The van der Waals surface area contributed by atoms with Crippen LogP contribution >= 0.6 is 0 Å². The van der Waals surface area contributed by atoms with Crippen molar-refractivity contribution in [1.82, 2.24) is 20.2 Å². The number of methoxy groups -OCH3 is 1. The van der Waals surface area contributed by atoms with E-state index in [2.05, 4.69) is 25.5 Å². The Labute approximate surface area is 229 Å². The first kappa shape index (κ1) is 28.8. The Kier molecular flexibility index (Phi) is 8.88. The number of nitrogens with zero attached hydrogens (tertiary/aromatic N) is 3. The number of nitrogens with one attached hydrogen (secondary N) is 2. The Hall–Kier alpha value is -4.19. The molecule has 9 nitrogen and oxygen atoms in total. The molecule has 2 N–H and O–H groups in total. The molecule has 12 heteroatoms. The minimum Gasteiger partial charge on any atom is -0.495 e. The van der Waals surface area contributed by atoms with Crippen molar-refractivity contribution in [2.75, 3.05) is 32.6 Å². The molecule has 212 valence electrons. The summed E-state index contributed by atoms with van der Waals surface area (Å²) in [6.45, 7) is 3.44. The third kappa shape index (κ3) is 6.87. The predicted molar refractivity (Wildman–Crippen MR) is 142 cm³/mol. The molecule has 1 aromatic heterocycles. The van der Waals surface area contributed by atoms with Gasteiger partial charge in [0.1, 0.15) is 17.1 Å². The van der Waals surface area contributed by atoms with Crippen LogP contribution in [0.25, 0.3) is 0 Å². The number of hydrogen-bond donors (Lipinski definition) is 2. The molecule has 1 amide bonds. The first-order chi connectivity index (χ1) is 19.1. The zero-order valence-electron chi connectivity index (χ0n) is 22.3. The van der Waals surface area contributed by atoms with Gasteiger partial charge in [-0.3, -0.25) is 9.59 Å². The van der Waals surface area contributed by atoms with Crippen LogP contribution in [0.5, 0.6) is 17.4 Å². The Morgan fingerprint density at radius 1 is 1.10 bits per heavy atom. The first-order valence-corrected chi connectivity index (χ1v) is 12.8. The molecule has 0 atom stereocenters. The molecule has 3 aromatic rings. The van der Waals surface area contributed by atoms with Crippen molar-refractivity contribution in [3.8, 4) is 17.4 Å². The summed E-state index contributed by atoms with van der Waals surface area (Å²) >= 11 is 0. The highest BCUT2D eigenvalue weighted by atomic mass is 19.4. The number of para-hydroxylation sites is 1. The van der Waals surface area contributed by atoms with Gasteiger partial charge < -0.3 is 25.0 Å². The largest absolute Gasteiger partial charge is 0.495 e. The molecule has 0 radical (unpaired) electrons. The van der Waals surface area contributed by atoms with Crippen molar-refractivity contribution in [3.63, 3.8) is 0 Å². The highest BCUT2D eigenvalue weighted by Gasteiger charge is 2.37. The number of hydrogen-bond acceptors (Lipinski definition) is 8. The van der Waals surface area contributed by atoms with Gasteiger partial charge >= 0.3 is 6.18 Å². The molecule has 0 aliphatic carbocycles. The van der Waals surface area contributed by atoms with Crippen molar-refractivity contribution in [2.24, 2.45) is 0 Å². The minimum absolute atomic E-state index is 0.0537. The Morgan fingerprint density at radius 3 is 2.50 bits per heavy atom. The van der Waals surface area contributed by atoms with Gasteiger partial charge in [-0.05, 0) is 63.3 Å². The molecule has 1 fully saturated rings. The zero-order valence-corrected chi connectivity index (χ0v) is 22.3. The summed E-state index contributed by atoms with van der Waals surface area (Å²) in [6.07, 6.45) is -2.35. The number of ketones is 1. The fourth-order valence-corrected chi connectivity index (χ4v) is 4.26. The lowest BCUT2D eigenvalue weighted by atomic mass is 10.0. The number of halogens is 3. The van der Waals surface area contributed by atoms with Gasteiger partial charge in [-0.2, -0.15) is 18.2 Å². The third-order valence-electron chi connectivity index (χ3n) is 6.54. The fraction of sp³-hybridized carbons (Fsp3) is 0.357. The number of Topliss-reactive ketones (excluding diaryl/α,β-unsaturated/α-hetero) is 1. The SMILES string of the molecule is CCC(=O)c1ccccc1Oc1nc(Nc2ccc(C(=O)NC3CCN(C)CC3)cc2OC)ncc1C(F)(F)F. The van der Waals surface area contributed by atoms with E-state index in [1.807, 2.05) is 7.05 Å². The Bertz CT molecular complexity index is 1370. The van der Waals surface area contributed by atoms with E-state index in [0.29, 0.717) is 17.4 Å². The smallest absolute Gasteiger partial charge is 0.423 e. The maximum Gasteiger partial charge on any atom is 0.423 e. The quantitative estimate of drug-likeness (QED) is 0.335. The maximum atomic E-state index is 13.8. The molecule has 0 bridgehead atoms. The molecule has 1 saturated heterocycles. The molecular weight excluding hydrogens is 527 g/mol. The summed E-state index contributed by atoms with van der Waals surface area (Å²) in [6, 6.07) is 10.7. The van der Waals surface area contributed by atoms with E-state index < -0.39 is 17.6 Å². The van der Waals surface area contributed by atoms with E-state index >= 15 is 0 Å². The normalized spacial score (nSPS) is 14.4. The van der Waals surface area contributed by atoms with Crippen molar-refractivity contribution >= 4 is 23.3 Å². The number of rotatable bonds is 9. The molecule has 0 spiro atoms. The second kappa shape index (κ2) is 12.3. The van der Waals surface area contributed by atoms with Crippen LogP contribution in [0, 0.1) is 0 Å². The fourth-order valence-electron chi connectivity index (χ4n) is 4.26. The number of amides is 1. The molecule has 0 saturated carbocycles. The second-order valence-corrected chi connectivity index (χ2v) is 9.38. The second-order valence-electron chi connectivity index (χ2n) is 9.38. The summed E-state index contributed by atoms with van der Waals surface area (Å²) in [5.74, 6) is -1.30. The van der Waals surface area contributed by atoms with E-state index in [1.54, 1.807) is 31.2 Å². The molecule has 40 heavy (non-hydrogen) atoms. The zero-order chi connectivity index (χ0) is 28.9. The third-order valence-corrected chi connectivity index (χ3v) is 6.54. The summed E-state index contributed by atoms with van der Waals surface area (Å²) in [5.41, 5.74) is -0.367. The van der Waals surface area contributed by atoms with Crippen LogP contribution in [-0.4, -0.2) is 59.8 Å². The number of likely N-dealkylation sites (tertiary alicyclic amines) is 1. The van der Waals surface area contributed by atoms with Crippen LogP contribution in [-0.2, 0) is 6.18 Å². The number of carbonyl (C=O) groups is 2. The molecule has 1 aliphatic heterocycles. The van der Waals surface area contributed by atoms with Gasteiger partial charge in [0.15, 0.2) is 5.78 Å². The predicted octanol–water partition coefficient (Wildman–Crippen LogP) is 5.46. The van der Waals surface area contributed by atoms with E-state index in [1.165, 1.54) is 25.3 Å². The number of aromatic nitrogens is 2. The Morgan fingerprint density at radius 2 is 1.82 bits per heavy atom. The Balaban J connectivity index is 1.58. The molecule has 0 unspecified atom stereocenters. The number of ether oxygens (including phenoxy) is 2. The summed E-state index contributed by atoms with van der Waals surface area (Å²) in [5, 5.41) is 5.86. The maximum absolute atomic E-state index is 13.8. The highest BCUT2D eigenvalue weighted by Crippen LogP contribution is 2.38. The average Bonchev–Trinajstić information content (AvgIpc) is 2.93. The van der Waals surface area contributed by atoms with Crippen LogP contribution < -0.4 is 20.1 Å². The minimum atomic E-state index is -4.81. The van der Waals surface area contributed by atoms with Crippen molar-refractivity contribution in [3.05, 3.63) is 65.4 Å². The van der Waals surface area contributed by atoms with Crippen LogP contribution in [0.2, 0.25) is 0 Å². The number of benzene rings is 2. The van der Waals surface area contributed by atoms with Crippen LogP contribution in [0.1, 0.15) is 52.5 Å². The first-order valence-electron chi connectivity index (χ1n) is 12.8. The van der Waals surface area contributed by atoms with Gasteiger partial charge in [0, 0.05) is 24.2 Å². The van der Waals surface area contributed by atoms with Crippen LogP contribution in [0.3, 0.4) is 0 Å². The van der Waals surface area contributed by atoms with Gasteiger partial charge in [0.05, 0.1) is 18.4 Å². The van der Waals surface area contributed by atoms with E-state index in [9.17, 15) is 22.8 Å². The van der Waals surface area contributed by atoms with Gasteiger partial charge in [0.25, 0.3) is 5.91 Å². The molecule has 1 aliphatic rings. The lowest BCUT2D eigenvalue weighted by Gasteiger charge is -2.29. The topological polar surface area (TPSA) is 106 Å². The average molecular weight is 558 g/mol. The molecule has 2 aromatic carbocycles. The van der Waals surface area contributed by atoms with Crippen molar-refractivity contribution in [1.29, 1.82) is 0 Å². The summed E-state index contributed by atoms with van der Waals surface area (Å²) in [4.78, 5) is 35.1. The van der Waals surface area contributed by atoms with Crippen molar-refractivity contribution < 1.29 is 32.2 Å². The highest BCUT2D eigenvalue weighted by molar-refractivity contribution is 5.98. The molecule has 2 heterocycles. The lowest BCUT2D eigenvalue weighted by Crippen LogP contribution is -2.43. The van der Waals surface area contributed by atoms with Gasteiger partial charge in [0.2, 0.25) is 11.8 Å². The van der Waals surface area contributed by atoms with Gasteiger partial charge in [-0.15, -0.1) is 0 Å². The van der Waals surface area contributed by atoms with Crippen LogP contribution in [0.4, 0.5) is 24.8 Å². The van der Waals surface area contributed by atoms with E-state index in [-0.39, 0.29) is 47.2 Å². The van der Waals surface area contributed by atoms with E-state index in [0.717, 1.165) is 25.9 Å². The summed E-state index contributed by atoms with van der Waals surface area (Å²) in [7, 11) is 3.44. The number of alkyl halides is 3. The lowest BCUT2D eigenvalue weighted by molar-refractivity contribution is -0.139. The monoisotopic (exact) mass is 557 g/mol. The number of anilines is 2. The standard InChI is InChI=1S/C28H30F3N5O4/c1-4-22(37)19-7-5-6-8-23(19)40-26-20(28(29,30)31)16-32-27(35-26)34-21-10-9-17(15-24(21)39-3)25(38)33-18-11-13-36(2)14-12-18/h5-10,15-16,18H,4,11-14H2,1-3H3,(H,33,38)(H,32,34,35). The molecule has 4 rings (SSSR count). The van der Waals surface area contributed by atoms with Gasteiger partial charge in [-0.1, -0.05) is 19.1 Å². The summed E-state index contributed by atoms with van der Waals surface area (Å²) < 4.78 is 52.2. The van der Waals surface area contributed by atoms with Crippen LogP contribution in [0.15, 0.2) is 48.7 Å². The number of carbonyl (C=O) groups excluding carboxylic acids is 2. The van der Waals surface area contributed by atoms with Gasteiger partial charge in [-0.25, -0.2) is 4.98 Å². The van der Waals surface area contributed by atoms with Crippen molar-refractivity contribution in [2.45, 2.75) is 38.4 Å². The number of piperidine rings is 1. The van der Waals surface area contributed by atoms with E-state index in [4.69, 9.17) is 9.47 Å².